The second-order valence-corrected chi connectivity index (χ2v) is 2.34. The zero-order valence-corrected chi connectivity index (χ0v) is 7.53. The van der Waals surface area contributed by atoms with Gasteiger partial charge in [0, 0.05) is 6.61 Å². The number of hydrogen-bond acceptors (Lipinski definition) is 2. The number of aliphatic hydroxyl groups excluding tert-OH is 1. The predicted molar refractivity (Wildman–Crippen MR) is 52.0 cm³/mol. The lowest BCUT2D eigenvalue weighted by Gasteiger charge is -1.93. The summed E-state index contributed by atoms with van der Waals surface area (Å²) in [6.45, 7) is 2.67. The van der Waals surface area contributed by atoms with E-state index in [1.54, 1.807) is 6.92 Å². The molecule has 0 saturated heterocycles. The molecule has 0 amide bonds. The Balaban J connectivity index is 0.000000354. The molecule has 0 aliphatic rings. The number of rotatable bonds is 2. The molecule has 0 bridgehead atoms. The molecule has 0 aliphatic heterocycles. The van der Waals surface area contributed by atoms with Crippen molar-refractivity contribution in [1.29, 1.82) is 0 Å². The summed E-state index contributed by atoms with van der Waals surface area (Å²) in [7, 11) is 0. The van der Waals surface area contributed by atoms with Crippen molar-refractivity contribution in [2.75, 3.05) is 13.2 Å². The van der Waals surface area contributed by atoms with Gasteiger partial charge in [-0.3, -0.25) is 0 Å². The van der Waals surface area contributed by atoms with Crippen LogP contribution in [-0.4, -0.2) is 18.3 Å². The fraction of sp³-hybridized carbons (Fsp3) is 0.400. The monoisotopic (exact) mass is 167 g/mol. The van der Waals surface area contributed by atoms with Gasteiger partial charge in [-0.25, -0.2) is 0 Å². The minimum Gasteiger partial charge on any atom is -0.397 e. The molecule has 0 atom stereocenters. The first-order valence-corrected chi connectivity index (χ1v) is 4.20. The van der Waals surface area contributed by atoms with Gasteiger partial charge in [-0.2, -0.15) is 0 Å². The number of hydrogen-bond donors (Lipinski definition) is 2. The smallest absolute Gasteiger partial charge is 0.0402 e. The predicted octanol–water partition coefficient (Wildman–Crippen LogP) is 1.19. The summed E-state index contributed by atoms with van der Waals surface area (Å²) in [5.41, 5.74) is 6.68. The van der Waals surface area contributed by atoms with Gasteiger partial charge in [0.25, 0.3) is 0 Å². The van der Waals surface area contributed by atoms with Crippen molar-refractivity contribution in [2.45, 2.75) is 13.3 Å². The van der Waals surface area contributed by atoms with Crippen LogP contribution in [0, 0.1) is 0 Å². The zero-order chi connectivity index (χ0) is 9.23. The molecule has 0 heterocycles. The first-order valence-electron chi connectivity index (χ1n) is 4.20. The second kappa shape index (κ2) is 8.24. The van der Waals surface area contributed by atoms with Crippen LogP contribution in [0.25, 0.3) is 0 Å². The highest BCUT2D eigenvalue weighted by Crippen LogP contribution is 1.96. The third kappa shape index (κ3) is 5.89. The van der Waals surface area contributed by atoms with Crippen LogP contribution in [0.5, 0.6) is 0 Å². The van der Waals surface area contributed by atoms with E-state index >= 15 is 0 Å². The quantitative estimate of drug-likeness (QED) is 0.695. The van der Waals surface area contributed by atoms with E-state index < -0.39 is 0 Å². The van der Waals surface area contributed by atoms with Gasteiger partial charge in [0.15, 0.2) is 0 Å². The maximum absolute atomic E-state index is 7.57. The Hall–Kier alpha value is -0.860. The van der Waals surface area contributed by atoms with Crippen LogP contribution >= 0.6 is 0 Å². The first-order chi connectivity index (χ1) is 5.85. The summed E-state index contributed by atoms with van der Waals surface area (Å²) in [6, 6.07) is 10.3. The molecule has 3 N–H and O–H groups in total. The minimum absolute atomic E-state index is 0.250. The molecule has 1 rings (SSSR count). The Bertz CT molecular complexity index is 174. The van der Waals surface area contributed by atoms with E-state index in [1.807, 2.05) is 18.2 Å². The fourth-order valence-electron chi connectivity index (χ4n) is 0.811. The third-order valence-corrected chi connectivity index (χ3v) is 1.28. The van der Waals surface area contributed by atoms with Crippen LogP contribution in [0.15, 0.2) is 30.3 Å². The highest BCUT2D eigenvalue weighted by Gasteiger charge is 1.84. The number of aliphatic hydroxyl groups is 1. The van der Waals surface area contributed by atoms with Crippen molar-refractivity contribution >= 4 is 0 Å². The molecule has 0 saturated carbocycles. The molecule has 0 fully saturated rings. The van der Waals surface area contributed by atoms with Crippen LogP contribution in [-0.2, 0) is 6.42 Å². The van der Waals surface area contributed by atoms with Crippen LogP contribution in [0.4, 0.5) is 0 Å². The van der Waals surface area contributed by atoms with E-state index in [0.717, 1.165) is 13.0 Å². The van der Waals surface area contributed by atoms with E-state index in [4.69, 9.17) is 10.8 Å². The van der Waals surface area contributed by atoms with Gasteiger partial charge < -0.3 is 10.8 Å². The SMILES string of the molecule is CCO.NCCc1ccccc1. The van der Waals surface area contributed by atoms with Crippen molar-refractivity contribution in [1.82, 2.24) is 0 Å². The third-order valence-electron chi connectivity index (χ3n) is 1.28. The van der Waals surface area contributed by atoms with Crippen molar-refractivity contribution in [3.8, 4) is 0 Å². The second-order valence-electron chi connectivity index (χ2n) is 2.34. The van der Waals surface area contributed by atoms with Crippen molar-refractivity contribution < 1.29 is 5.11 Å². The van der Waals surface area contributed by atoms with E-state index in [9.17, 15) is 0 Å². The molecule has 0 aliphatic carbocycles. The molecular weight excluding hydrogens is 150 g/mol. The Morgan fingerprint density at radius 2 is 1.75 bits per heavy atom. The van der Waals surface area contributed by atoms with E-state index in [0.29, 0.717) is 0 Å². The molecule has 0 radical (unpaired) electrons. The molecule has 0 aromatic heterocycles. The minimum atomic E-state index is 0.250. The first kappa shape index (κ1) is 11.1. The van der Waals surface area contributed by atoms with E-state index in [1.165, 1.54) is 5.56 Å². The summed E-state index contributed by atoms with van der Waals surface area (Å²) < 4.78 is 0. The van der Waals surface area contributed by atoms with Crippen LogP contribution in [0.3, 0.4) is 0 Å². The summed E-state index contributed by atoms with van der Waals surface area (Å²) in [4.78, 5) is 0. The summed E-state index contributed by atoms with van der Waals surface area (Å²) >= 11 is 0. The van der Waals surface area contributed by atoms with Gasteiger partial charge in [0.1, 0.15) is 0 Å². The highest BCUT2D eigenvalue weighted by molar-refractivity contribution is 5.14. The molecule has 2 nitrogen and oxygen atoms in total. The van der Waals surface area contributed by atoms with Crippen LogP contribution < -0.4 is 5.73 Å². The zero-order valence-electron chi connectivity index (χ0n) is 7.53. The van der Waals surface area contributed by atoms with Gasteiger partial charge >= 0.3 is 0 Å². The van der Waals surface area contributed by atoms with Crippen molar-refractivity contribution in [3.63, 3.8) is 0 Å². The van der Waals surface area contributed by atoms with E-state index in [2.05, 4.69) is 12.1 Å². The topological polar surface area (TPSA) is 46.2 Å². The van der Waals surface area contributed by atoms with E-state index in [-0.39, 0.29) is 6.61 Å². The highest BCUT2D eigenvalue weighted by atomic mass is 16.2. The molecule has 68 valence electrons. The summed E-state index contributed by atoms with van der Waals surface area (Å²) in [6.07, 6.45) is 0.987. The Morgan fingerprint density at radius 1 is 1.25 bits per heavy atom. The average molecular weight is 167 g/mol. The number of benzene rings is 1. The largest absolute Gasteiger partial charge is 0.397 e. The lowest BCUT2D eigenvalue weighted by Crippen LogP contribution is -2.01. The van der Waals surface area contributed by atoms with Gasteiger partial charge in [-0.15, -0.1) is 0 Å². The van der Waals surface area contributed by atoms with Crippen LogP contribution in [0.1, 0.15) is 12.5 Å². The lowest BCUT2D eigenvalue weighted by molar-refractivity contribution is 0.318. The standard InChI is InChI=1S/C8H11N.C2H6O/c9-7-6-8-4-2-1-3-5-8;1-2-3/h1-5H,6-7,9H2;3H,2H2,1H3. The summed E-state index contributed by atoms with van der Waals surface area (Å²) in [5.74, 6) is 0. The normalized spacial score (nSPS) is 8.58. The van der Waals surface area contributed by atoms with Gasteiger partial charge in [-0.05, 0) is 25.5 Å². The van der Waals surface area contributed by atoms with Crippen molar-refractivity contribution in [2.24, 2.45) is 5.73 Å². The van der Waals surface area contributed by atoms with Gasteiger partial charge in [-0.1, -0.05) is 30.3 Å². The molecule has 12 heavy (non-hydrogen) atoms. The van der Waals surface area contributed by atoms with Gasteiger partial charge in [0.05, 0.1) is 0 Å². The lowest BCUT2D eigenvalue weighted by atomic mass is 10.2. The van der Waals surface area contributed by atoms with Crippen molar-refractivity contribution in [3.05, 3.63) is 35.9 Å². The van der Waals surface area contributed by atoms with Crippen LogP contribution in [0.2, 0.25) is 0 Å². The molecule has 0 unspecified atom stereocenters. The maximum Gasteiger partial charge on any atom is 0.0402 e. The molecule has 0 spiro atoms. The van der Waals surface area contributed by atoms with Gasteiger partial charge in [0.2, 0.25) is 0 Å². The summed E-state index contributed by atoms with van der Waals surface area (Å²) in [5, 5.41) is 7.57. The Labute approximate surface area is 74.0 Å². The average Bonchev–Trinajstić information content (AvgIpc) is 2.08. The maximum atomic E-state index is 7.57. The molecule has 1 aromatic carbocycles. The molecule has 2 heteroatoms. The Morgan fingerprint density at radius 3 is 2.17 bits per heavy atom. The Kier molecular flexibility index (Phi) is 7.65. The fourth-order valence-corrected chi connectivity index (χ4v) is 0.811. The molecular formula is C10H17NO. The molecule has 1 aromatic rings. The number of nitrogens with two attached hydrogens (primary N) is 1.